The van der Waals surface area contributed by atoms with E-state index in [2.05, 4.69) is 22.3 Å². The first-order chi connectivity index (χ1) is 13.8. The van der Waals surface area contributed by atoms with Gasteiger partial charge in [0.15, 0.2) is 0 Å². The highest BCUT2D eigenvalue weighted by atomic mass is 35.5. The van der Waals surface area contributed by atoms with Gasteiger partial charge in [-0.1, -0.05) is 47.5 Å². The van der Waals surface area contributed by atoms with Gasteiger partial charge in [0.25, 0.3) is 5.91 Å². The molecule has 2 amide bonds. The lowest BCUT2D eigenvalue weighted by molar-refractivity contribution is -0.125. The molecule has 1 atom stereocenters. The van der Waals surface area contributed by atoms with E-state index in [1.165, 1.54) is 5.56 Å². The normalized spacial score (nSPS) is 16.3. The van der Waals surface area contributed by atoms with E-state index < -0.39 is 6.04 Å². The summed E-state index contributed by atoms with van der Waals surface area (Å²) < 4.78 is 0. The van der Waals surface area contributed by atoms with E-state index in [4.69, 9.17) is 23.2 Å². The third-order valence-corrected chi connectivity index (χ3v) is 5.53. The summed E-state index contributed by atoms with van der Waals surface area (Å²) in [5.74, 6) is -0.408. The molecule has 0 saturated carbocycles. The molecule has 2 aromatic carbocycles. The molecular formula is C22H25Cl2N3O2. The van der Waals surface area contributed by atoms with E-state index >= 15 is 0 Å². The fourth-order valence-electron chi connectivity index (χ4n) is 3.53. The largest absolute Gasteiger partial charge is 0.350 e. The van der Waals surface area contributed by atoms with E-state index in [9.17, 15) is 9.59 Å². The van der Waals surface area contributed by atoms with Crippen LogP contribution in [0.25, 0.3) is 0 Å². The standard InChI is InChI=1S/C22H25Cl2N3O2/c1-26(2)14-16-7-5-15(6-8-16)13-25-21(28)20-4-3-11-27(20)22(29)18-12-17(23)9-10-19(18)24/h5-10,12,20H,3-4,11,13-14H2,1-2H3,(H,25,28). The molecular weight excluding hydrogens is 409 g/mol. The molecule has 1 saturated heterocycles. The van der Waals surface area contributed by atoms with Gasteiger partial charge in [0.2, 0.25) is 5.91 Å². The van der Waals surface area contributed by atoms with Crippen LogP contribution in [0, 0.1) is 0 Å². The average molecular weight is 434 g/mol. The Morgan fingerprint density at radius 2 is 1.79 bits per heavy atom. The lowest BCUT2D eigenvalue weighted by Crippen LogP contribution is -2.45. The van der Waals surface area contributed by atoms with Crippen molar-refractivity contribution in [1.82, 2.24) is 15.1 Å². The molecule has 0 aromatic heterocycles. The van der Waals surface area contributed by atoms with Crippen LogP contribution < -0.4 is 5.32 Å². The molecule has 5 nitrogen and oxygen atoms in total. The zero-order valence-corrected chi connectivity index (χ0v) is 18.1. The van der Waals surface area contributed by atoms with Crippen molar-refractivity contribution in [1.29, 1.82) is 0 Å². The maximum Gasteiger partial charge on any atom is 0.256 e. The highest BCUT2D eigenvalue weighted by Crippen LogP contribution is 2.26. The molecule has 7 heteroatoms. The first kappa shape index (κ1) is 21.6. The number of likely N-dealkylation sites (tertiary alicyclic amines) is 1. The van der Waals surface area contributed by atoms with Crippen LogP contribution in [0.4, 0.5) is 0 Å². The third kappa shape index (κ3) is 5.50. The molecule has 0 aliphatic carbocycles. The van der Waals surface area contributed by atoms with Gasteiger partial charge in [0.1, 0.15) is 6.04 Å². The van der Waals surface area contributed by atoms with Crippen molar-refractivity contribution in [2.24, 2.45) is 0 Å². The average Bonchev–Trinajstić information content (AvgIpc) is 3.18. The Balaban J connectivity index is 1.62. The number of halogens is 2. The van der Waals surface area contributed by atoms with Crippen LogP contribution >= 0.6 is 23.2 Å². The number of benzene rings is 2. The van der Waals surface area contributed by atoms with Gasteiger partial charge in [-0.3, -0.25) is 9.59 Å². The van der Waals surface area contributed by atoms with Crippen molar-refractivity contribution in [3.63, 3.8) is 0 Å². The summed E-state index contributed by atoms with van der Waals surface area (Å²) in [6, 6.07) is 12.5. The van der Waals surface area contributed by atoms with Crippen molar-refractivity contribution in [3.05, 3.63) is 69.2 Å². The van der Waals surface area contributed by atoms with Gasteiger partial charge in [-0.15, -0.1) is 0 Å². The van der Waals surface area contributed by atoms with Crippen LogP contribution in [0.2, 0.25) is 10.0 Å². The Kier molecular flexibility index (Phi) is 7.17. The molecule has 0 spiro atoms. The van der Waals surface area contributed by atoms with Gasteiger partial charge in [0, 0.05) is 24.7 Å². The Morgan fingerprint density at radius 3 is 2.48 bits per heavy atom. The number of rotatable bonds is 6. The lowest BCUT2D eigenvalue weighted by Gasteiger charge is -2.24. The maximum absolute atomic E-state index is 12.9. The lowest BCUT2D eigenvalue weighted by atomic mass is 10.1. The fourth-order valence-corrected chi connectivity index (χ4v) is 3.90. The van der Waals surface area contributed by atoms with Crippen molar-refractivity contribution in [3.8, 4) is 0 Å². The van der Waals surface area contributed by atoms with Gasteiger partial charge in [0.05, 0.1) is 10.6 Å². The summed E-state index contributed by atoms with van der Waals surface area (Å²) >= 11 is 12.2. The number of amides is 2. The minimum absolute atomic E-state index is 0.147. The van der Waals surface area contributed by atoms with Crippen molar-refractivity contribution < 1.29 is 9.59 Å². The fraction of sp³-hybridized carbons (Fsp3) is 0.364. The number of hydrogen-bond acceptors (Lipinski definition) is 3. The van der Waals surface area contributed by atoms with Crippen LogP contribution in [0.3, 0.4) is 0 Å². The maximum atomic E-state index is 12.9. The molecule has 2 aromatic rings. The summed E-state index contributed by atoms with van der Waals surface area (Å²) in [5, 5.41) is 3.74. The molecule has 154 valence electrons. The number of carbonyl (C=O) groups is 2. The van der Waals surface area contributed by atoms with Gasteiger partial charge >= 0.3 is 0 Å². The van der Waals surface area contributed by atoms with Gasteiger partial charge in [-0.05, 0) is 56.3 Å². The van der Waals surface area contributed by atoms with E-state index in [1.807, 2.05) is 26.2 Å². The van der Waals surface area contributed by atoms with Crippen molar-refractivity contribution >= 4 is 35.0 Å². The number of carbonyl (C=O) groups excluding carboxylic acids is 2. The first-order valence-corrected chi connectivity index (χ1v) is 10.4. The van der Waals surface area contributed by atoms with Crippen molar-refractivity contribution in [2.45, 2.75) is 32.0 Å². The van der Waals surface area contributed by atoms with Crippen molar-refractivity contribution in [2.75, 3.05) is 20.6 Å². The van der Waals surface area contributed by atoms with Gasteiger partial charge in [-0.2, -0.15) is 0 Å². The molecule has 1 N–H and O–H groups in total. The summed E-state index contributed by atoms with van der Waals surface area (Å²) in [6.07, 6.45) is 1.42. The Morgan fingerprint density at radius 1 is 1.10 bits per heavy atom. The minimum Gasteiger partial charge on any atom is -0.350 e. The Labute approximate surface area is 181 Å². The molecule has 3 rings (SSSR count). The zero-order chi connectivity index (χ0) is 21.0. The van der Waals surface area contributed by atoms with Gasteiger partial charge < -0.3 is 15.1 Å². The van der Waals surface area contributed by atoms with Gasteiger partial charge in [-0.25, -0.2) is 0 Å². The Hall–Kier alpha value is -2.08. The molecule has 1 heterocycles. The van der Waals surface area contributed by atoms with Crippen LogP contribution in [0.1, 0.15) is 34.3 Å². The monoisotopic (exact) mass is 433 g/mol. The summed E-state index contributed by atoms with van der Waals surface area (Å²) in [7, 11) is 4.05. The second-order valence-electron chi connectivity index (χ2n) is 7.55. The highest BCUT2D eigenvalue weighted by molar-refractivity contribution is 6.35. The van der Waals surface area contributed by atoms with Crippen LogP contribution in [0.5, 0.6) is 0 Å². The Bertz CT molecular complexity index is 884. The van der Waals surface area contributed by atoms with Crippen LogP contribution in [-0.2, 0) is 17.9 Å². The van der Waals surface area contributed by atoms with Crippen LogP contribution in [0.15, 0.2) is 42.5 Å². The van der Waals surface area contributed by atoms with E-state index in [-0.39, 0.29) is 11.8 Å². The predicted molar refractivity (Wildman–Crippen MR) is 116 cm³/mol. The van der Waals surface area contributed by atoms with E-state index in [0.717, 1.165) is 18.5 Å². The van der Waals surface area contributed by atoms with Crippen LogP contribution in [-0.4, -0.2) is 48.3 Å². The summed E-state index contributed by atoms with van der Waals surface area (Å²) in [6.45, 7) is 1.83. The minimum atomic E-state index is -0.495. The summed E-state index contributed by atoms with van der Waals surface area (Å²) in [5.41, 5.74) is 2.57. The second-order valence-corrected chi connectivity index (χ2v) is 8.40. The smallest absolute Gasteiger partial charge is 0.256 e. The predicted octanol–water partition coefficient (Wildman–Crippen LogP) is 3.98. The molecule has 0 radical (unpaired) electrons. The first-order valence-electron chi connectivity index (χ1n) is 9.61. The number of hydrogen-bond donors (Lipinski definition) is 1. The zero-order valence-electron chi connectivity index (χ0n) is 16.6. The molecule has 0 bridgehead atoms. The molecule has 29 heavy (non-hydrogen) atoms. The second kappa shape index (κ2) is 9.61. The summed E-state index contributed by atoms with van der Waals surface area (Å²) in [4.78, 5) is 29.4. The SMILES string of the molecule is CN(C)Cc1ccc(CNC(=O)C2CCCN2C(=O)c2cc(Cl)ccc2Cl)cc1. The van der Waals surface area contributed by atoms with E-state index in [1.54, 1.807) is 23.1 Å². The molecule has 1 aliphatic rings. The van der Waals surface area contributed by atoms with E-state index in [0.29, 0.717) is 35.1 Å². The quantitative estimate of drug-likeness (QED) is 0.749. The topological polar surface area (TPSA) is 52.7 Å². The third-order valence-electron chi connectivity index (χ3n) is 4.96. The number of nitrogens with one attached hydrogen (secondary N) is 1. The number of nitrogens with zero attached hydrogens (tertiary/aromatic N) is 2. The highest BCUT2D eigenvalue weighted by Gasteiger charge is 2.35. The molecule has 1 fully saturated rings. The molecule has 1 aliphatic heterocycles. The molecule has 1 unspecified atom stereocenters.